The van der Waals surface area contributed by atoms with E-state index in [4.69, 9.17) is 4.74 Å². The van der Waals surface area contributed by atoms with Crippen LogP contribution in [-0.2, 0) is 17.1 Å². The van der Waals surface area contributed by atoms with Crippen LogP contribution in [0.25, 0.3) is 22.5 Å². The first-order chi connectivity index (χ1) is 11.4. The van der Waals surface area contributed by atoms with Gasteiger partial charge in [0, 0.05) is 0 Å². The number of nitrogens with zero attached hydrogens (tertiary/aromatic N) is 1. The van der Waals surface area contributed by atoms with E-state index in [0.717, 1.165) is 28.3 Å². The molecule has 0 fully saturated rings. The first-order valence-electron chi connectivity index (χ1n) is 7.45. The number of aromatic nitrogens is 2. The van der Waals surface area contributed by atoms with Gasteiger partial charge in [0.1, 0.15) is 5.75 Å². The minimum atomic E-state index is 0. The first-order valence-corrected chi connectivity index (χ1v) is 7.45. The van der Waals surface area contributed by atoms with Crippen molar-refractivity contribution in [3.05, 3.63) is 84.9 Å². The summed E-state index contributed by atoms with van der Waals surface area (Å²) in [4.78, 5) is 0. The molecule has 0 radical (unpaired) electrons. The molecule has 0 aliphatic carbocycles. The van der Waals surface area contributed by atoms with Gasteiger partial charge in [-0.3, -0.25) is 5.10 Å². The van der Waals surface area contributed by atoms with Crippen LogP contribution < -0.4 is 4.74 Å². The van der Waals surface area contributed by atoms with E-state index < -0.39 is 0 Å². The average Bonchev–Trinajstić information content (AvgIpc) is 3.38. The average molecular weight is 358 g/mol. The summed E-state index contributed by atoms with van der Waals surface area (Å²) in [6.45, 7) is 0. The predicted molar refractivity (Wildman–Crippen MR) is 93.6 cm³/mol. The second-order valence-electron chi connectivity index (χ2n) is 5.03. The fourth-order valence-corrected chi connectivity index (χ4v) is 2.25. The van der Waals surface area contributed by atoms with Gasteiger partial charge < -0.3 is 4.74 Å². The maximum atomic E-state index is 5.14. The van der Waals surface area contributed by atoms with Crippen molar-refractivity contribution in [1.29, 1.82) is 0 Å². The van der Waals surface area contributed by atoms with E-state index in [-0.39, 0.29) is 17.1 Å². The van der Waals surface area contributed by atoms with Gasteiger partial charge in [0.2, 0.25) is 0 Å². The summed E-state index contributed by atoms with van der Waals surface area (Å²) in [7, 11) is 1.66. The molecule has 4 heteroatoms. The molecule has 3 aromatic carbocycles. The molecule has 1 N–H and O–H groups in total. The minimum Gasteiger partial charge on any atom is -0.497 e. The molecule has 4 aromatic rings. The molecule has 0 amide bonds. The number of hydrogen-bond acceptors (Lipinski definition) is 2. The van der Waals surface area contributed by atoms with Crippen LogP contribution in [0, 0.1) is 0 Å². The molecule has 0 saturated carbocycles. The van der Waals surface area contributed by atoms with Crippen molar-refractivity contribution in [1.82, 2.24) is 10.2 Å². The third kappa shape index (κ3) is 4.48. The zero-order valence-electron chi connectivity index (χ0n) is 13.3. The molecule has 0 aliphatic rings. The van der Waals surface area contributed by atoms with Crippen LogP contribution in [0.1, 0.15) is 0 Å². The molecule has 0 saturated heterocycles. The van der Waals surface area contributed by atoms with Crippen molar-refractivity contribution in [3.8, 4) is 28.3 Å². The van der Waals surface area contributed by atoms with Crippen molar-refractivity contribution in [2.24, 2.45) is 0 Å². The number of nitrogens with one attached hydrogen (secondary N) is 1. The van der Waals surface area contributed by atoms with Gasteiger partial charge in [0.15, 0.2) is 0 Å². The van der Waals surface area contributed by atoms with Gasteiger partial charge in [-0.25, -0.2) is 12.1 Å². The maximum Gasteiger partial charge on any atom is 2.00 e. The Morgan fingerprint density at radius 1 is 1.00 bits per heavy atom. The summed E-state index contributed by atoms with van der Waals surface area (Å²) in [5.41, 5.74) is 4.20. The van der Waals surface area contributed by atoms with Crippen LogP contribution in [0.15, 0.2) is 84.9 Å². The number of ether oxygens (including phenoxy) is 1. The predicted octanol–water partition coefficient (Wildman–Crippen LogP) is 4.87. The Balaban J connectivity index is 0.000000300. The molecular weight excluding hydrogens is 340 g/mol. The summed E-state index contributed by atoms with van der Waals surface area (Å²) < 4.78 is 5.14. The number of hydrogen-bond donors (Lipinski definition) is 1. The fourth-order valence-electron chi connectivity index (χ4n) is 2.25. The fraction of sp³-hybridized carbons (Fsp3) is 0.0500. The Bertz CT molecular complexity index is 783. The Morgan fingerprint density at radius 2 is 1.67 bits per heavy atom. The minimum absolute atomic E-state index is 0. The maximum absolute atomic E-state index is 5.14. The molecule has 0 atom stereocenters. The second-order valence-corrected chi connectivity index (χ2v) is 5.03. The van der Waals surface area contributed by atoms with Gasteiger partial charge in [-0.2, -0.15) is 35.4 Å². The van der Waals surface area contributed by atoms with Crippen molar-refractivity contribution in [3.63, 3.8) is 0 Å². The molecule has 24 heavy (non-hydrogen) atoms. The summed E-state index contributed by atoms with van der Waals surface area (Å²) in [6, 6.07) is 28.1. The number of aromatic amines is 1. The largest absolute Gasteiger partial charge is 2.00 e. The first kappa shape index (κ1) is 17.8. The molecule has 0 unspecified atom stereocenters. The van der Waals surface area contributed by atoms with Gasteiger partial charge >= 0.3 is 17.1 Å². The molecular formula is C20H18FeN2O. The van der Waals surface area contributed by atoms with Crippen molar-refractivity contribution in [2.45, 2.75) is 0 Å². The van der Waals surface area contributed by atoms with Gasteiger partial charge in [-0.1, -0.05) is 11.6 Å². The quantitative estimate of drug-likeness (QED) is 0.419. The van der Waals surface area contributed by atoms with E-state index in [1.165, 1.54) is 0 Å². The smallest absolute Gasteiger partial charge is 0.497 e. The molecule has 3 nitrogen and oxygen atoms in total. The molecule has 0 aliphatic heterocycles. The Morgan fingerprint density at radius 3 is 2.21 bits per heavy atom. The van der Waals surface area contributed by atoms with Crippen molar-refractivity contribution >= 4 is 0 Å². The van der Waals surface area contributed by atoms with Gasteiger partial charge in [0.25, 0.3) is 0 Å². The molecule has 0 spiro atoms. The summed E-state index contributed by atoms with van der Waals surface area (Å²) in [5.74, 6) is 0.852. The number of methoxy groups -OCH3 is 1. The molecule has 122 valence electrons. The van der Waals surface area contributed by atoms with E-state index in [1.54, 1.807) is 7.11 Å². The Kier molecular flexibility index (Phi) is 6.61. The van der Waals surface area contributed by atoms with Crippen LogP contribution in [0.3, 0.4) is 0 Å². The number of rotatable bonds is 3. The number of H-pyrrole nitrogens is 1. The zero-order valence-corrected chi connectivity index (χ0v) is 14.4. The van der Waals surface area contributed by atoms with E-state index in [1.807, 2.05) is 66.7 Å². The van der Waals surface area contributed by atoms with Crippen molar-refractivity contribution < 1.29 is 21.8 Å². The summed E-state index contributed by atoms with van der Waals surface area (Å²) in [6.07, 6.45) is 0. The van der Waals surface area contributed by atoms with Gasteiger partial charge in [0.05, 0.1) is 12.8 Å². The molecule has 1 heterocycles. The SMILES string of the molecule is COc1ccc(-c2cc(-[c-]3cccc3)[nH]n2)cc1.[Fe+2].c1cc[cH-]c1. The molecule has 1 aromatic heterocycles. The van der Waals surface area contributed by atoms with Crippen LogP contribution in [0.2, 0.25) is 0 Å². The molecule has 4 rings (SSSR count). The molecule has 0 bridgehead atoms. The monoisotopic (exact) mass is 358 g/mol. The van der Waals surface area contributed by atoms with Gasteiger partial charge in [-0.05, 0) is 35.5 Å². The third-order valence-corrected chi connectivity index (χ3v) is 3.49. The van der Waals surface area contributed by atoms with Crippen LogP contribution >= 0.6 is 0 Å². The second kappa shape index (κ2) is 8.92. The van der Waals surface area contributed by atoms with Crippen LogP contribution in [0.4, 0.5) is 0 Å². The van der Waals surface area contributed by atoms with Crippen molar-refractivity contribution in [2.75, 3.05) is 7.11 Å². The summed E-state index contributed by atoms with van der Waals surface area (Å²) in [5, 5.41) is 7.39. The van der Waals surface area contributed by atoms with Crippen LogP contribution in [-0.4, -0.2) is 17.3 Å². The summed E-state index contributed by atoms with van der Waals surface area (Å²) >= 11 is 0. The number of benzene rings is 1. The topological polar surface area (TPSA) is 37.9 Å². The Labute approximate surface area is 152 Å². The normalized spacial score (nSPS) is 9.54. The van der Waals surface area contributed by atoms with Crippen LogP contribution in [0.5, 0.6) is 5.75 Å². The van der Waals surface area contributed by atoms with E-state index in [0.29, 0.717) is 0 Å². The Hall–Kier alpha value is -2.55. The van der Waals surface area contributed by atoms with E-state index in [9.17, 15) is 0 Å². The third-order valence-electron chi connectivity index (χ3n) is 3.49. The van der Waals surface area contributed by atoms with Gasteiger partial charge in [-0.15, -0.1) is 12.1 Å². The standard InChI is InChI=1S/C15H13N2O.C5H5.Fe/c1-18-13-8-6-12(7-9-13)15-10-14(16-17-15)11-4-2-3-5-11;1-2-4-5-3-1;/h2-10H,1H3,(H,16,17);1-5H;/q2*-1;+2. The van der Waals surface area contributed by atoms with E-state index in [2.05, 4.69) is 28.4 Å². The van der Waals surface area contributed by atoms with E-state index >= 15 is 0 Å². The zero-order chi connectivity index (χ0) is 15.9.